The second kappa shape index (κ2) is 8.35. The summed E-state index contributed by atoms with van der Waals surface area (Å²) < 4.78 is 8.04. The number of non-ortho nitro benzene ring substituents is 1. The lowest BCUT2D eigenvalue weighted by Crippen LogP contribution is -2.05. The second-order valence-electron chi connectivity index (χ2n) is 7.23. The van der Waals surface area contributed by atoms with Gasteiger partial charge in [0.05, 0.1) is 29.2 Å². The van der Waals surface area contributed by atoms with Crippen molar-refractivity contribution in [2.75, 3.05) is 11.9 Å². The number of rotatable bonds is 7. The number of benzene rings is 1. The van der Waals surface area contributed by atoms with Crippen LogP contribution in [0.4, 0.5) is 5.69 Å². The van der Waals surface area contributed by atoms with E-state index in [0.717, 1.165) is 46.2 Å². The van der Waals surface area contributed by atoms with Gasteiger partial charge in [-0.1, -0.05) is 28.1 Å². The molecule has 3 heterocycles. The third kappa shape index (κ3) is 3.81. The third-order valence-electron chi connectivity index (χ3n) is 5.34. The van der Waals surface area contributed by atoms with Crippen LogP contribution in [0.1, 0.15) is 16.8 Å². The molecule has 4 aromatic rings. The Labute approximate surface area is 190 Å². The largest absolute Gasteiger partial charge is 0.477 e. The molecule has 31 heavy (non-hydrogen) atoms. The summed E-state index contributed by atoms with van der Waals surface area (Å²) in [6.07, 6.45) is 6.08. The van der Waals surface area contributed by atoms with E-state index in [1.807, 2.05) is 4.68 Å². The normalized spacial score (nSPS) is 12.5. The Bertz CT molecular complexity index is 1270. The van der Waals surface area contributed by atoms with Crippen LogP contribution in [0.2, 0.25) is 0 Å². The van der Waals surface area contributed by atoms with Gasteiger partial charge in [0.1, 0.15) is 11.2 Å². The molecule has 158 valence electrons. The zero-order valence-corrected chi connectivity index (χ0v) is 18.9. The summed E-state index contributed by atoms with van der Waals surface area (Å²) in [7, 11) is 0. The molecule has 10 heteroatoms. The topological polar surface area (TPSA) is 96.0 Å². The zero-order chi connectivity index (χ0) is 21.4. The number of halogens is 1. The highest BCUT2D eigenvalue weighted by Gasteiger charge is 2.26. The molecule has 0 N–H and O–H groups in total. The Morgan fingerprint density at radius 1 is 1.23 bits per heavy atom. The molecule has 0 radical (unpaired) electrons. The highest BCUT2D eigenvalue weighted by Crippen LogP contribution is 2.45. The van der Waals surface area contributed by atoms with E-state index in [2.05, 4.69) is 32.1 Å². The molecule has 0 unspecified atom stereocenters. The molecule has 8 nitrogen and oxygen atoms in total. The summed E-state index contributed by atoms with van der Waals surface area (Å²) in [5.41, 5.74) is 4.62. The standard InChI is InChI=1S/C21H18BrN5O3S/c22-8-9-26-11-16-17(25-26)6-5-15-18-20(23-12-24-21(18)31-19(15)16)30-10-7-13-1-3-14(4-2-13)27(28)29/h1-4,11-12H,5-10H2. The lowest BCUT2D eigenvalue weighted by atomic mass is 9.95. The zero-order valence-electron chi connectivity index (χ0n) is 16.5. The summed E-state index contributed by atoms with van der Waals surface area (Å²) in [6.45, 7) is 1.27. The fraction of sp³-hybridized carbons (Fsp3) is 0.286. The van der Waals surface area contributed by atoms with Crippen molar-refractivity contribution >= 4 is 43.2 Å². The molecular formula is C21H18BrN5O3S. The van der Waals surface area contributed by atoms with E-state index in [-0.39, 0.29) is 5.69 Å². The minimum absolute atomic E-state index is 0.0888. The van der Waals surface area contributed by atoms with Crippen molar-refractivity contribution < 1.29 is 9.66 Å². The SMILES string of the molecule is O=[N+]([O-])c1ccc(CCOc2ncnc3sc4c(c23)CCc2nn(CCBr)cc2-4)cc1. The van der Waals surface area contributed by atoms with Crippen LogP contribution in [0.3, 0.4) is 0 Å². The summed E-state index contributed by atoms with van der Waals surface area (Å²) in [5.74, 6) is 0.598. The van der Waals surface area contributed by atoms with Gasteiger partial charge in [0.15, 0.2) is 0 Å². The van der Waals surface area contributed by atoms with Crippen LogP contribution in [-0.2, 0) is 25.8 Å². The van der Waals surface area contributed by atoms with Crippen LogP contribution in [0.15, 0.2) is 36.8 Å². The van der Waals surface area contributed by atoms with Gasteiger partial charge < -0.3 is 4.74 Å². The first-order valence-electron chi connectivity index (χ1n) is 9.89. The number of aryl methyl sites for hydroxylation is 3. The molecule has 0 atom stereocenters. The first-order valence-corrected chi connectivity index (χ1v) is 11.8. The van der Waals surface area contributed by atoms with Gasteiger partial charge in [-0.15, -0.1) is 11.3 Å². The van der Waals surface area contributed by atoms with Crippen molar-refractivity contribution in [1.29, 1.82) is 0 Å². The van der Waals surface area contributed by atoms with Crippen LogP contribution in [0, 0.1) is 10.1 Å². The van der Waals surface area contributed by atoms with Crippen molar-refractivity contribution in [3.05, 3.63) is 63.7 Å². The summed E-state index contributed by atoms with van der Waals surface area (Å²) in [5, 5.41) is 17.4. The Hall–Kier alpha value is -2.85. The maximum Gasteiger partial charge on any atom is 0.269 e. The van der Waals surface area contributed by atoms with E-state index in [0.29, 0.717) is 18.9 Å². The highest BCUT2D eigenvalue weighted by atomic mass is 79.9. The number of hydrogen-bond donors (Lipinski definition) is 0. The first kappa shape index (κ1) is 20.1. The minimum atomic E-state index is -0.396. The van der Waals surface area contributed by atoms with Crippen LogP contribution in [0.25, 0.3) is 20.7 Å². The van der Waals surface area contributed by atoms with E-state index in [9.17, 15) is 10.1 Å². The Balaban J connectivity index is 1.39. The van der Waals surface area contributed by atoms with E-state index in [4.69, 9.17) is 9.84 Å². The number of ether oxygens (including phenoxy) is 1. The van der Waals surface area contributed by atoms with Gasteiger partial charge in [0.2, 0.25) is 5.88 Å². The van der Waals surface area contributed by atoms with Crippen molar-refractivity contribution in [1.82, 2.24) is 19.7 Å². The Morgan fingerprint density at radius 2 is 2.06 bits per heavy atom. The van der Waals surface area contributed by atoms with E-state index >= 15 is 0 Å². The molecular weight excluding hydrogens is 482 g/mol. The van der Waals surface area contributed by atoms with Crippen molar-refractivity contribution in [3.8, 4) is 16.3 Å². The van der Waals surface area contributed by atoms with Gasteiger partial charge >= 0.3 is 0 Å². The number of hydrogen-bond acceptors (Lipinski definition) is 7. The number of fused-ring (bicyclic) bond motifs is 5. The molecule has 1 aliphatic rings. The van der Waals surface area contributed by atoms with E-state index < -0.39 is 4.92 Å². The predicted molar refractivity (Wildman–Crippen MR) is 122 cm³/mol. The highest BCUT2D eigenvalue weighted by molar-refractivity contribution is 9.09. The number of nitro groups is 1. The third-order valence-corrected chi connectivity index (χ3v) is 6.87. The first-order chi connectivity index (χ1) is 15.1. The minimum Gasteiger partial charge on any atom is -0.477 e. The quantitative estimate of drug-likeness (QED) is 0.210. The summed E-state index contributed by atoms with van der Waals surface area (Å²) in [4.78, 5) is 21.4. The fourth-order valence-electron chi connectivity index (χ4n) is 3.86. The molecule has 1 aromatic carbocycles. The summed E-state index contributed by atoms with van der Waals surface area (Å²) in [6, 6.07) is 6.55. The molecule has 5 rings (SSSR count). The van der Waals surface area contributed by atoms with Gasteiger partial charge in [-0.3, -0.25) is 14.8 Å². The van der Waals surface area contributed by atoms with Gasteiger partial charge in [0, 0.05) is 40.5 Å². The monoisotopic (exact) mass is 499 g/mol. The average molecular weight is 500 g/mol. The number of alkyl halides is 1. The van der Waals surface area contributed by atoms with Gasteiger partial charge in [0.25, 0.3) is 5.69 Å². The molecule has 1 aliphatic carbocycles. The van der Waals surface area contributed by atoms with Crippen LogP contribution >= 0.6 is 27.3 Å². The smallest absolute Gasteiger partial charge is 0.269 e. The van der Waals surface area contributed by atoms with Crippen molar-refractivity contribution in [2.24, 2.45) is 0 Å². The predicted octanol–water partition coefficient (Wildman–Crippen LogP) is 4.58. The molecule has 0 amide bonds. The van der Waals surface area contributed by atoms with Gasteiger partial charge in [-0.2, -0.15) is 5.10 Å². The lowest BCUT2D eigenvalue weighted by molar-refractivity contribution is -0.384. The average Bonchev–Trinajstić information content (AvgIpc) is 3.35. The van der Waals surface area contributed by atoms with E-state index in [1.54, 1.807) is 29.8 Å². The number of aromatic nitrogens is 4. The molecule has 0 bridgehead atoms. The summed E-state index contributed by atoms with van der Waals surface area (Å²) >= 11 is 5.14. The molecule has 0 fully saturated rings. The van der Waals surface area contributed by atoms with Crippen molar-refractivity contribution in [3.63, 3.8) is 0 Å². The maximum absolute atomic E-state index is 10.8. The Morgan fingerprint density at radius 3 is 2.84 bits per heavy atom. The van der Waals surface area contributed by atoms with Gasteiger partial charge in [-0.25, -0.2) is 9.97 Å². The van der Waals surface area contributed by atoms with Crippen LogP contribution < -0.4 is 4.74 Å². The molecule has 0 saturated heterocycles. The van der Waals surface area contributed by atoms with Crippen LogP contribution in [0.5, 0.6) is 5.88 Å². The van der Waals surface area contributed by atoms with E-state index in [1.165, 1.54) is 28.1 Å². The van der Waals surface area contributed by atoms with Crippen LogP contribution in [-0.4, -0.2) is 36.6 Å². The van der Waals surface area contributed by atoms with Crippen molar-refractivity contribution in [2.45, 2.75) is 25.8 Å². The molecule has 0 aliphatic heterocycles. The lowest BCUT2D eigenvalue weighted by Gasteiger charge is -2.12. The second-order valence-corrected chi connectivity index (χ2v) is 9.02. The maximum atomic E-state index is 10.8. The fourth-order valence-corrected chi connectivity index (χ4v) is 5.43. The number of nitro benzene ring substituents is 1. The van der Waals surface area contributed by atoms with Gasteiger partial charge in [-0.05, 0) is 24.0 Å². The molecule has 3 aromatic heterocycles. The Kier molecular flexibility index (Phi) is 5.41. The number of nitrogens with zero attached hydrogens (tertiary/aromatic N) is 5. The molecule has 0 spiro atoms. The molecule has 0 saturated carbocycles. The number of thiophene rings is 1.